The Morgan fingerprint density at radius 3 is 2.20 bits per heavy atom. The van der Waals surface area contributed by atoms with Gasteiger partial charge in [-0.2, -0.15) is 27.2 Å². The Balaban J connectivity index is 1.40. The minimum atomic E-state index is -4.50. The molecule has 0 bridgehead atoms. The highest BCUT2D eigenvalue weighted by Gasteiger charge is 2.28. The van der Waals surface area contributed by atoms with Crippen LogP contribution in [0.25, 0.3) is 39.4 Å². The number of allylic oxidation sites excluding steroid dienone is 2. The highest BCUT2D eigenvalue weighted by atomic mass is 32.2. The molecule has 0 spiro atoms. The molecular formula is C32H29N2O8S4-. The van der Waals surface area contributed by atoms with Crippen molar-refractivity contribution in [1.82, 2.24) is 0 Å². The molecule has 0 saturated carbocycles. The number of anilines is 1. The second-order valence-electron chi connectivity index (χ2n) is 10.7. The average Bonchev–Trinajstić information content (AvgIpc) is 3.81. The van der Waals surface area contributed by atoms with Gasteiger partial charge in [0.2, 0.25) is 11.5 Å². The van der Waals surface area contributed by atoms with Crippen LogP contribution in [0.4, 0.5) is 5.69 Å². The lowest BCUT2D eigenvalue weighted by Crippen LogP contribution is -2.36. The lowest BCUT2D eigenvalue weighted by molar-refractivity contribution is -0.677. The van der Waals surface area contributed by atoms with Crippen LogP contribution in [-0.4, -0.2) is 44.0 Å². The molecule has 3 aromatic heterocycles. The van der Waals surface area contributed by atoms with Crippen LogP contribution >= 0.6 is 22.7 Å². The Morgan fingerprint density at radius 1 is 0.891 bits per heavy atom. The van der Waals surface area contributed by atoms with E-state index in [2.05, 4.69) is 0 Å². The number of oxazole rings is 1. The molecule has 6 rings (SSSR count). The Kier molecular flexibility index (Phi) is 9.19. The molecule has 5 aromatic rings. The Morgan fingerprint density at radius 2 is 1.57 bits per heavy atom. The van der Waals surface area contributed by atoms with Gasteiger partial charge in [-0.3, -0.25) is 0 Å². The summed E-state index contributed by atoms with van der Waals surface area (Å²) in [6, 6.07) is 15.4. The maximum Gasteiger partial charge on any atom is 0.374 e. The average molecular weight is 698 g/mol. The van der Waals surface area contributed by atoms with Crippen molar-refractivity contribution in [3.63, 3.8) is 0 Å². The van der Waals surface area contributed by atoms with Gasteiger partial charge in [-0.15, -0.1) is 0 Å². The van der Waals surface area contributed by atoms with Gasteiger partial charge in [0.15, 0.2) is 12.3 Å². The number of rotatable bonds is 12. The molecule has 0 unspecified atom stereocenters. The fourth-order valence-electron chi connectivity index (χ4n) is 5.26. The first kappa shape index (κ1) is 32.2. The molecule has 46 heavy (non-hydrogen) atoms. The largest absolute Gasteiger partial charge is 0.748 e. The summed E-state index contributed by atoms with van der Waals surface area (Å²) < 4.78 is 83.3. The topological polar surface area (TPSA) is 144 Å². The molecule has 0 aliphatic carbocycles. The Labute approximate surface area is 275 Å². The van der Waals surface area contributed by atoms with Crippen molar-refractivity contribution in [2.75, 3.05) is 23.0 Å². The van der Waals surface area contributed by atoms with Crippen LogP contribution in [0.3, 0.4) is 0 Å². The summed E-state index contributed by atoms with van der Waals surface area (Å²) in [6.45, 7) is 2.06. The zero-order valence-corrected chi connectivity index (χ0v) is 27.9. The fraction of sp³-hybridized carbons (Fsp3) is 0.219. The third-order valence-electron chi connectivity index (χ3n) is 7.54. The van der Waals surface area contributed by atoms with Gasteiger partial charge in [0.1, 0.15) is 0 Å². The summed E-state index contributed by atoms with van der Waals surface area (Å²) in [6.07, 6.45) is 4.22. The zero-order valence-electron chi connectivity index (χ0n) is 24.6. The quantitative estimate of drug-likeness (QED) is 0.110. The van der Waals surface area contributed by atoms with E-state index in [1.165, 1.54) is 0 Å². The second-order valence-corrected chi connectivity index (χ2v) is 15.3. The number of aromatic nitrogens is 1. The maximum atomic E-state index is 11.6. The number of fused-ring (bicyclic) bond motifs is 2. The molecule has 0 atom stereocenters. The van der Waals surface area contributed by atoms with Crippen molar-refractivity contribution >= 4 is 65.8 Å². The fourth-order valence-corrected chi connectivity index (χ4v) is 7.48. The van der Waals surface area contributed by atoms with Gasteiger partial charge in [0, 0.05) is 30.9 Å². The first-order valence-electron chi connectivity index (χ1n) is 14.4. The molecule has 10 nitrogen and oxygen atoms in total. The summed E-state index contributed by atoms with van der Waals surface area (Å²) >= 11 is 3.14. The predicted octanol–water partition coefficient (Wildman–Crippen LogP) is 6.19. The molecule has 14 heteroatoms. The van der Waals surface area contributed by atoms with Crippen molar-refractivity contribution in [3.8, 4) is 28.0 Å². The van der Waals surface area contributed by atoms with Gasteiger partial charge in [-0.25, -0.2) is 16.8 Å². The highest BCUT2D eigenvalue weighted by Crippen LogP contribution is 2.42. The normalized spacial score (nSPS) is 14.7. The number of thiophene rings is 2. The van der Waals surface area contributed by atoms with E-state index in [9.17, 15) is 25.9 Å². The molecule has 0 amide bonds. The summed E-state index contributed by atoms with van der Waals surface area (Å²) in [5, 5.41) is 8.00. The second kappa shape index (κ2) is 13.1. The van der Waals surface area contributed by atoms with E-state index in [-0.39, 0.29) is 19.5 Å². The third kappa shape index (κ3) is 7.43. The number of benzene rings is 2. The van der Waals surface area contributed by atoms with Crippen LogP contribution in [0.1, 0.15) is 25.7 Å². The number of ether oxygens (including phenoxy) is 1. The molecule has 2 aromatic carbocycles. The van der Waals surface area contributed by atoms with Crippen LogP contribution in [0.5, 0.6) is 5.75 Å². The Hall–Kier alpha value is -3.79. The van der Waals surface area contributed by atoms with Crippen molar-refractivity contribution < 1.29 is 39.7 Å². The van der Waals surface area contributed by atoms with Gasteiger partial charge >= 0.3 is 5.89 Å². The lowest BCUT2D eigenvalue weighted by atomic mass is 10.1. The molecule has 0 saturated heterocycles. The number of aryl methyl sites for hydroxylation is 1. The van der Waals surface area contributed by atoms with E-state index < -0.39 is 31.7 Å². The van der Waals surface area contributed by atoms with E-state index in [1.54, 1.807) is 33.6 Å². The van der Waals surface area contributed by atoms with Gasteiger partial charge in [0.25, 0.3) is 5.52 Å². The van der Waals surface area contributed by atoms with E-state index in [0.717, 1.165) is 33.3 Å². The van der Waals surface area contributed by atoms with Crippen molar-refractivity contribution in [2.45, 2.75) is 26.3 Å². The first-order valence-corrected chi connectivity index (χ1v) is 19.4. The number of hydrogen-bond donors (Lipinski definition) is 0. The molecular weight excluding hydrogens is 669 g/mol. The number of hydrogen-bond acceptors (Lipinski definition) is 11. The van der Waals surface area contributed by atoms with E-state index in [4.69, 9.17) is 9.15 Å². The summed E-state index contributed by atoms with van der Waals surface area (Å²) in [4.78, 5) is 1.68. The highest BCUT2D eigenvalue weighted by molar-refractivity contribution is 7.85. The van der Waals surface area contributed by atoms with Gasteiger partial charge in [-0.1, -0.05) is 19.1 Å². The zero-order chi connectivity index (χ0) is 32.5. The van der Waals surface area contributed by atoms with E-state index in [0.29, 0.717) is 35.2 Å². The molecule has 0 radical (unpaired) electrons. The van der Waals surface area contributed by atoms with Crippen LogP contribution in [0.15, 0.2) is 92.0 Å². The minimum absolute atomic E-state index is 0.0968. The van der Waals surface area contributed by atoms with Crippen molar-refractivity contribution in [2.24, 2.45) is 0 Å². The van der Waals surface area contributed by atoms with Crippen LogP contribution in [0, 0.1) is 0 Å². The molecule has 1 aliphatic rings. The molecule has 4 heterocycles. The smallest absolute Gasteiger partial charge is 0.374 e. The molecule has 0 N–H and O–H groups in total. The van der Waals surface area contributed by atoms with Gasteiger partial charge in [-0.05, 0) is 86.1 Å². The summed E-state index contributed by atoms with van der Waals surface area (Å²) in [7, 11) is -8.90. The van der Waals surface area contributed by atoms with Crippen molar-refractivity contribution in [1.29, 1.82) is 0 Å². The lowest BCUT2D eigenvalue weighted by Gasteiger charge is -2.20. The monoisotopic (exact) mass is 697 g/mol. The summed E-state index contributed by atoms with van der Waals surface area (Å²) in [5.74, 6) is 0.205. The van der Waals surface area contributed by atoms with Gasteiger partial charge < -0.3 is 23.2 Å². The maximum absolute atomic E-state index is 11.6. The van der Waals surface area contributed by atoms with Crippen LogP contribution in [0.2, 0.25) is 0 Å². The minimum Gasteiger partial charge on any atom is -0.748 e. The van der Waals surface area contributed by atoms with Crippen LogP contribution < -0.4 is 14.2 Å². The summed E-state index contributed by atoms with van der Waals surface area (Å²) in [5.41, 5.74) is 6.69. The van der Waals surface area contributed by atoms with Crippen molar-refractivity contribution in [3.05, 3.63) is 93.5 Å². The van der Waals surface area contributed by atoms with Crippen LogP contribution in [-0.2, 0) is 26.8 Å². The number of nitrogens with zero attached hydrogens (tertiary/aromatic N) is 2. The van der Waals surface area contributed by atoms with Gasteiger partial charge in [0.05, 0.1) is 37.8 Å². The predicted molar refractivity (Wildman–Crippen MR) is 178 cm³/mol. The molecule has 240 valence electrons. The third-order valence-corrected chi connectivity index (χ3v) is 10.4. The standard InChI is InChI=1S/C32H30N2O8S4/c1-2-22(17-32-34(11-15-46(38,39)40)28-19-24(5-7-30(28)42-32)26-9-13-44-21-26)16-31-33(10-3-14-45(35,36)37)27-18-23(4-6-29(27)41-31)25-8-12-43-20-25/h4-9,12-13,16-21H,2-3,10-11,14-15H2,1H3,(H-,35,36,37,38,39,40)/p-1. The van der Waals surface area contributed by atoms with E-state index in [1.807, 2.05) is 87.6 Å². The first-order chi connectivity index (χ1) is 22.0. The molecule has 0 fully saturated rings. The van der Waals surface area contributed by atoms with E-state index >= 15 is 0 Å². The molecule has 1 aliphatic heterocycles. The Bertz CT molecular complexity index is 2150. The SMILES string of the molecule is CCC(/C=C1\Oc2ccc(-c3ccsc3)cc2N1CCS(=O)(=O)[O-])=C\c1oc2ccc(-c3ccsc3)cc2[n+]1CCCS(=O)(=O)[O-].